The smallest absolute Gasteiger partial charge is 0.0328 e. The first-order chi connectivity index (χ1) is 8.73. The summed E-state index contributed by atoms with van der Waals surface area (Å²) in [7, 11) is 2.00. The summed E-state index contributed by atoms with van der Waals surface area (Å²) in [6.45, 7) is 11.4. The lowest BCUT2D eigenvalue weighted by Crippen LogP contribution is -2.28. The van der Waals surface area contributed by atoms with E-state index in [2.05, 4.69) is 43.1 Å². The average molecular weight is 268 g/mol. The highest BCUT2D eigenvalue weighted by Gasteiger charge is 2.11. The standard InChI is InChI=1S/C15H28N2S/c1-5-13(6-2)11-17(7-3)12-15-9-8-14(18-15)10-16-4/h8-9,13,16H,5-7,10-12H2,1-4H3. The molecule has 0 fully saturated rings. The van der Waals surface area contributed by atoms with Crippen LogP contribution >= 0.6 is 11.3 Å². The molecule has 1 heterocycles. The molecule has 1 aromatic heterocycles. The molecule has 0 aliphatic rings. The van der Waals surface area contributed by atoms with Crippen LogP contribution in [0.5, 0.6) is 0 Å². The third kappa shape index (κ3) is 5.09. The lowest BCUT2D eigenvalue weighted by Gasteiger charge is -2.24. The summed E-state index contributed by atoms with van der Waals surface area (Å²) in [6.07, 6.45) is 2.59. The summed E-state index contributed by atoms with van der Waals surface area (Å²) in [6, 6.07) is 4.54. The van der Waals surface area contributed by atoms with E-state index in [1.54, 1.807) is 0 Å². The lowest BCUT2D eigenvalue weighted by molar-refractivity contribution is 0.228. The van der Waals surface area contributed by atoms with Crippen LogP contribution in [0.2, 0.25) is 0 Å². The molecule has 104 valence electrons. The van der Waals surface area contributed by atoms with Crippen LogP contribution < -0.4 is 5.32 Å². The van der Waals surface area contributed by atoms with E-state index >= 15 is 0 Å². The molecule has 0 unspecified atom stereocenters. The van der Waals surface area contributed by atoms with Gasteiger partial charge in [-0.1, -0.05) is 33.6 Å². The van der Waals surface area contributed by atoms with Crippen molar-refractivity contribution in [3.05, 3.63) is 21.9 Å². The molecule has 18 heavy (non-hydrogen) atoms. The van der Waals surface area contributed by atoms with E-state index in [4.69, 9.17) is 0 Å². The molecular formula is C15H28N2S. The van der Waals surface area contributed by atoms with E-state index in [1.165, 1.54) is 29.1 Å². The first kappa shape index (κ1) is 15.7. The monoisotopic (exact) mass is 268 g/mol. The second-order valence-electron chi connectivity index (χ2n) is 4.91. The van der Waals surface area contributed by atoms with Gasteiger partial charge in [0.05, 0.1) is 0 Å². The molecule has 1 rings (SSSR count). The second kappa shape index (κ2) is 8.68. The summed E-state index contributed by atoms with van der Waals surface area (Å²) in [5.41, 5.74) is 0. The van der Waals surface area contributed by atoms with Crippen molar-refractivity contribution in [1.82, 2.24) is 10.2 Å². The minimum Gasteiger partial charge on any atom is -0.315 e. The largest absolute Gasteiger partial charge is 0.315 e. The van der Waals surface area contributed by atoms with E-state index in [1.807, 2.05) is 18.4 Å². The van der Waals surface area contributed by atoms with Gasteiger partial charge in [-0.25, -0.2) is 0 Å². The van der Waals surface area contributed by atoms with Gasteiger partial charge in [0.15, 0.2) is 0 Å². The van der Waals surface area contributed by atoms with Gasteiger partial charge in [0, 0.05) is 29.4 Å². The first-order valence-corrected chi connectivity index (χ1v) is 7.99. The van der Waals surface area contributed by atoms with Gasteiger partial charge in [-0.15, -0.1) is 11.3 Å². The molecule has 0 aliphatic carbocycles. The van der Waals surface area contributed by atoms with Crippen molar-refractivity contribution < 1.29 is 0 Å². The quantitative estimate of drug-likeness (QED) is 0.734. The zero-order valence-corrected chi connectivity index (χ0v) is 13.1. The zero-order chi connectivity index (χ0) is 13.4. The Bertz CT molecular complexity index is 318. The van der Waals surface area contributed by atoms with Crippen LogP contribution in [0.25, 0.3) is 0 Å². The summed E-state index contributed by atoms with van der Waals surface area (Å²) in [5.74, 6) is 0.849. The van der Waals surface area contributed by atoms with Gasteiger partial charge in [-0.05, 0) is 31.6 Å². The summed E-state index contributed by atoms with van der Waals surface area (Å²) < 4.78 is 0. The predicted octanol–water partition coefficient (Wildman–Crippen LogP) is 3.73. The molecule has 0 amide bonds. The van der Waals surface area contributed by atoms with Gasteiger partial charge in [-0.2, -0.15) is 0 Å². The summed E-state index contributed by atoms with van der Waals surface area (Å²) in [4.78, 5) is 5.51. The van der Waals surface area contributed by atoms with Gasteiger partial charge in [-0.3, -0.25) is 4.90 Å². The fraction of sp³-hybridized carbons (Fsp3) is 0.733. The first-order valence-electron chi connectivity index (χ1n) is 7.17. The maximum Gasteiger partial charge on any atom is 0.0328 e. The Morgan fingerprint density at radius 1 is 1.17 bits per heavy atom. The number of hydrogen-bond donors (Lipinski definition) is 1. The van der Waals surface area contributed by atoms with Gasteiger partial charge >= 0.3 is 0 Å². The molecule has 3 heteroatoms. The number of thiophene rings is 1. The Labute approximate surface area is 116 Å². The second-order valence-corrected chi connectivity index (χ2v) is 6.16. The van der Waals surface area contributed by atoms with Gasteiger partial charge < -0.3 is 5.32 Å². The molecule has 0 radical (unpaired) electrons. The normalized spacial score (nSPS) is 11.7. The van der Waals surface area contributed by atoms with Crippen LogP contribution in [0.4, 0.5) is 0 Å². The van der Waals surface area contributed by atoms with Crippen molar-refractivity contribution in [2.75, 3.05) is 20.1 Å². The number of rotatable bonds is 9. The van der Waals surface area contributed by atoms with E-state index in [0.29, 0.717) is 0 Å². The molecular weight excluding hydrogens is 240 g/mol. The van der Waals surface area contributed by atoms with Crippen LogP contribution in [-0.4, -0.2) is 25.0 Å². The maximum atomic E-state index is 3.21. The van der Waals surface area contributed by atoms with E-state index in [9.17, 15) is 0 Å². The highest BCUT2D eigenvalue weighted by Crippen LogP contribution is 2.19. The molecule has 0 aromatic carbocycles. The molecule has 0 aliphatic heterocycles. The van der Waals surface area contributed by atoms with Gasteiger partial charge in [0.25, 0.3) is 0 Å². The fourth-order valence-corrected chi connectivity index (χ4v) is 3.29. The highest BCUT2D eigenvalue weighted by molar-refractivity contribution is 7.11. The number of nitrogens with zero attached hydrogens (tertiary/aromatic N) is 1. The third-order valence-electron chi connectivity index (χ3n) is 3.57. The molecule has 1 aromatic rings. The fourth-order valence-electron chi connectivity index (χ4n) is 2.21. The van der Waals surface area contributed by atoms with Crippen molar-refractivity contribution in [3.8, 4) is 0 Å². The zero-order valence-electron chi connectivity index (χ0n) is 12.3. The minimum atomic E-state index is 0.849. The van der Waals surface area contributed by atoms with E-state index in [0.717, 1.165) is 25.6 Å². The van der Waals surface area contributed by atoms with Crippen molar-refractivity contribution in [2.45, 2.75) is 46.7 Å². The van der Waals surface area contributed by atoms with Gasteiger partial charge in [0.2, 0.25) is 0 Å². The van der Waals surface area contributed by atoms with E-state index < -0.39 is 0 Å². The van der Waals surface area contributed by atoms with Crippen molar-refractivity contribution in [3.63, 3.8) is 0 Å². The molecule has 0 bridgehead atoms. The lowest BCUT2D eigenvalue weighted by atomic mass is 10.0. The molecule has 0 atom stereocenters. The minimum absolute atomic E-state index is 0.849. The molecule has 0 saturated heterocycles. The topological polar surface area (TPSA) is 15.3 Å². The molecule has 1 N–H and O–H groups in total. The Hall–Kier alpha value is -0.380. The Morgan fingerprint density at radius 2 is 1.83 bits per heavy atom. The summed E-state index contributed by atoms with van der Waals surface area (Å²) in [5, 5.41) is 3.21. The van der Waals surface area contributed by atoms with Crippen molar-refractivity contribution in [2.24, 2.45) is 5.92 Å². The number of hydrogen-bond acceptors (Lipinski definition) is 3. The molecule has 0 saturated carbocycles. The maximum absolute atomic E-state index is 3.21. The van der Waals surface area contributed by atoms with Gasteiger partial charge in [0.1, 0.15) is 0 Å². The SMILES string of the molecule is CCC(CC)CN(CC)Cc1ccc(CNC)s1. The molecule has 0 spiro atoms. The Kier molecular flexibility index (Phi) is 7.56. The van der Waals surface area contributed by atoms with Crippen LogP contribution in [0, 0.1) is 5.92 Å². The Balaban J connectivity index is 2.50. The van der Waals surface area contributed by atoms with Crippen LogP contribution in [0.3, 0.4) is 0 Å². The highest BCUT2D eigenvalue weighted by atomic mass is 32.1. The summed E-state index contributed by atoms with van der Waals surface area (Å²) >= 11 is 1.94. The van der Waals surface area contributed by atoms with E-state index in [-0.39, 0.29) is 0 Å². The van der Waals surface area contributed by atoms with Crippen LogP contribution in [0.1, 0.15) is 43.4 Å². The van der Waals surface area contributed by atoms with Crippen molar-refractivity contribution >= 4 is 11.3 Å². The predicted molar refractivity (Wildman–Crippen MR) is 82.1 cm³/mol. The van der Waals surface area contributed by atoms with Crippen molar-refractivity contribution in [1.29, 1.82) is 0 Å². The third-order valence-corrected chi connectivity index (χ3v) is 4.64. The number of nitrogens with one attached hydrogen (secondary N) is 1. The van der Waals surface area contributed by atoms with Crippen LogP contribution in [0.15, 0.2) is 12.1 Å². The average Bonchev–Trinajstić information content (AvgIpc) is 2.82. The molecule has 2 nitrogen and oxygen atoms in total. The Morgan fingerprint density at radius 3 is 2.39 bits per heavy atom. The van der Waals surface area contributed by atoms with Crippen LogP contribution in [-0.2, 0) is 13.1 Å².